The number of hydrogen-bond acceptors (Lipinski definition) is 5. The summed E-state index contributed by atoms with van der Waals surface area (Å²) in [6.07, 6.45) is 1.41. The molecule has 1 aromatic rings. The molecule has 0 N–H and O–H groups in total. The van der Waals surface area contributed by atoms with Crippen molar-refractivity contribution in [1.29, 1.82) is 0 Å². The van der Waals surface area contributed by atoms with Crippen LogP contribution in [0.2, 0.25) is 0 Å². The average molecular weight is 214 g/mol. The Morgan fingerprint density at radius 2 is 2.50 bits per heavy atom. The van der Waals surface area contributed by atoms with Crippen molar-refractivity contribution in [2.45, 2.75) is 12.2 Å². The van der Waals surface area contributed by atoms with E-state index in [-0.39, 0.29) is 5.12 Å². The van der Waals surface area contributed by atoms with E-state index in [2.05, 4.69) is 0 Å². The number of furan rings is 1. The van der Waals surface area contributed by atoms with Crippen LogP contribution in [0.25, 0.3) is 0 Å². The predicted molar refractivity (Wildman–Crippen MR) is 51.0 cm³/mol. The Morgan fingerprint density at radius 3 is 2.93 bits per heavy atom. The van der Waals surface area contributed by atoms with Gasteiger partial charge in [-0.2, -0.15) is 0 Å². The molecule has 0 saturated heterocycles. The van der Waals surface area contributed by atoms with E-state index < -0.39 is 10.2 Å². The first kappa shape index (κ1) is 10.6. The zero-order valence-corrected chi connectivity index (χ0v) is 8.19. The molecule has 14 heavy (non-hydrogen) atoms. The topological polar surface area (TPSA) is 73.3 Å². The predicted octanol–water partition coefficient (Wildman–Crippen LogP) is 2.04. The van der Waals surface area contributed by atoms with Gasteiger partial charge >= 0.3 is 0 Å². The van der Waals surface area contributed by atoms with E-state index in [0.717, 1.165) is 18.3 Å². The molecule has 1 heterocycles. The number of carbonyl (C=O) groups excluding carboxylic acids is 1. The summed E-state index contributed by atoms with van der Waals surface area (Å²) in [5, 5.41) is 9.42. The van der Waals surface area contributed by atoms with Crippen LogP contribution in [-0.4, -0.2) is 10.0 Å². The highest BCUT2D eigenvalue weighted by molar-refractivity contribution is 8.13. The number of thioether (sulfide) groups is 1. The van der Waals surface area contributed by atoms with Crippen molar-refractivity contribution >= 4 is 16.9 Å². The normalized spacial score (nSPS) is 12.1. The first-order chi connectivity index (χ1) is 6.59. The van der Waals surface area contributed by atoms with Gasteiger partial charge in [0.25, 0.3) is 0 Å². The SMILES string of the molecule is CC(=O)SC([CH-][N+](=O)[O-])c1ccco1. The molecule has 1 rings (SSSR count). The first-order valence-electron chi connectivity index (χ1n) is 3.78. The van der Waals surface area contributed by atoms with Gasteiger partial charge in [0.1, 0.15) is 0 Å². The Morgan fingerprint density at radius 1 is 1.79 bits per heavy atom. The Labute approximate surface area is 84.6 Å². The van der Waals surface area contributed by atoms with Gasteiger partial charge in [-0.3, -0.25) is 14.9 Å². The van der Waals surface area contributed by atoms with Gasteiger partial charge < -0.3 is 4.42 Å². The maximum atomic E-state index is 10.8. The molecule has 1 unspecified atom stereocenters. The van der Waals surface area contributed by atoms with Gasteiger partial charge in [-0.05, 0) is 18.7 Å². The third-order valence-electron chi connectivity index (χ3n) is 1.37. The fraction of sp³-hybridized carbons (Fsp3) is 0.250. The lowest BCUT2D eigenvalue weighted by atomic mass is 10.3. The molecule has 1 aromatic heterocycles. The van der Waals surface area contributed by atoms with Crippen molar-refractivity contribution in [3.05, 3.63) is 40.8 Å². The van der Waals surface area contributed by atoms with Gasteiger partial charge in [-0.1, -0.05) is 0 Å². The van der Waals surface area contributed by atoms with Crippen molar-refractivity contribution in [3.63, 3.8) is 0 Å². The number of nitrogens with zero attached hydrogens (tertiary/aromatic N) is 1. The fourth-order valence-corrected chi connectivity index (χ4v) is 1.67. The molecular weight excluding hydrogens is 206 g/mol. The molecule has 0 saturated carbocycles. The Kier molecular flexibility index (Phi) is 3.58. The summed E-state index contributed by atoms with van der Waals surface area (Å²) in [7, 11) is 0. The van der Waals surface area contributed by atoms with Crippen LogP contribution in [0.5, 0.6) is 0 Å². The van der Waals surface area contributed by atoms with E-state index in [1.54, 1.807) is 12.1 Å². The second-order valence-corrected chi connectivity index (χ2v) is 3.80. The zero-order valence-electron chi connectivity index (χ0n) is 7.38. The highest BCUT2D eigenvalue weighted by Gasteiger charge is 2.13. The average Bonchev–Trinajstić information content (AvgIpc) is 2.52. The highest BCUT2D eigenvalue weighted by Crippen LogP contribution is 2.31. The van der Waals surface area contributed by atoms with Gasteiger partial charge in [0.05, 0.1) is 12.0 Å². The van der Waals surface area contributed by atoms with Gasteiger partial charge in [-0.25, -0.2) is 0 Å². The molecule has 0 aromatic carbocycles. The number of carbonyl (C=O) groups is 1. The minimum absolute atomic E-state index is 0.190. The summed E-state index contributed by atoms with van der Waals surface area (Å²) in [6.45, 7) is 2.19. The van der Waals surface area contributed by atoms with Crippen LogP contribution in [0.4, 0.5) is 0 Å². The van der Waals surface area contributed by atoms with Crippen molar-refractivity contribution < 1.29 is 14.1 Å². The number of nitro groups is 1. The van der Waals surface area contributed by atoms with Crippen LogP contribution >= 0.6 is 11.8 Å². The number of hydrogen-bond donors (Lipinski definition) is 0. The molecule has 0 aliphatic carbocycles. The van der Waals surface area contributed by atoms with E-state index >= 15 is 0 Å². The van der Waals surface area contributed by atoms with E-state index in [0.29, 0.717) is 5.76 Å². The molecule has 0 spiro atoms. The second kappa shape index (κ2) is 4.71. The summed E-state index contributed by atoms with van der Waals surface area (Å²) in [5.74, 6) is 0.405. The van der Waals surface area contributed by atoms with Gasteiger partial charge in [-0.15, -0.1) is 16.7 Å². The molecule has 0 fully saturated rings. The Bertz CT molecular complexity index is 306. The Balaban J connectivity index is 2.71. The highest BCUT2D eigenvalue weighted by atomic mass is 32.2. The van der Waals surface area contributed by atoms with Crippen LogP contribution in [0, 0.1) is 16.7 Å². The minimum atomic E-state index is -0.655. The molecular formula is C8H8NO4S-. The van der Waals surface area contributed by atoms with Crippen molar-refractivity contribution in [1.82, 2.24) is 0 Å². The van der Waals surface area contributed by atoms with Crippen molar-refractivity contribution in [2.24, 2.45) is 0 Å². The van der Waals surface area contributed by atoms with Crippen molar-refractivity contribution in [2.75, 3.05) is 0 Å². The smallest absolute Gasteiger partial charge is 0.184 e. The molecule has 5 nitrogen and oxygen atoms in total. The minimum Gasteiger partial charge on any atom is -0.471 e. The molecule has 0 amide bonds. The lowest BCUT2D eigenvalue weighted by Crippen LogP contribution is -2.04. The molecule has 0 bridgehead atoms. The maximum Gasteiger partial charge on any atom is 0.184 e. The van der Waals surface area contributed by atoms with Crippen LogP contribution in [0.1, 0.15) is 17.9 Å². The Hall–Kier alpha value is -1.43. The molecule has 1 atom stereocenters. The maximum absolute atomic E-state index is 10.8. The molecule has 0 radical (unpaired) electrons. The third kappa shape index (κ3) is 3.14. The lowest BCUT2D eigenvalue weighted by Gasteiger charge is -2.15. The van der Waals surface area contributed by atoms with E-state index in [1.165, 1.54) is 13.2 Å². The third-order valence-corrected chi connectivity index (χ3v) is 2.31. The molecule has 76 valence electrons. The van der Waals surface area contributed by atoms with Crippen LogP contribution in [-0.2, 0) is 4.79 Å². The van der Waals surface area contributed by atoms with Gasteiger partial charge in [0.2, 0.25) is 0 Å². The summed E-state index contributed by atoms with van der Waals surface area (Å²) in [6, 6.07) is 3.22. The zero-order chi connectivity index (χ0) is 10.6. The largest absolute Gasteiger partial charge is 0.471 e. The van der Waals surface area contributed by atoms with Crippen molar-refractivity contribution in [3.8, 4) is 0 Å². The van der Waals surface area contributed by atoms with Crippen LogP contribution in [0.15, 0.2) is 22.8 Å². The monoisotopic (exact) mass is 214 g/mol. The van der Waals surface area contributed by atoms with Gasteiger partial charge in [0.15, 0.2) is 5.12 Å². The van der Waals surface area contributed by atoms with Gasteiger partial charge in [0, 0.05) is 12.2 Å². The fourth-order valence-electron chi connectivity index (χ4n) is 0.904. The summed E-state index contributed by atoms with van der Waals surface area (Å²) >= 11 is 0.856. The molecule has 6 heteroatoms. The molecule has 0 aliphatic rings. The lowest BCUT2D eigenvalue weighted by molar-refractivity contribution is -0.437. The summed E-state index contributed by atoms with van der Waals surface area (Å²) < 4.78 is 4.99. The van der Waals surface area contributed by atoms with Crippen LogP contribution < -0.4 is 0 Å². The standard InChI is InChI=1S/C8H8NO4S/c1-6(10)14-8(5-9(11)12)7-3-2-4-13-7/h2-5,8H,1H3/q-1. The first-order valence-corrected chi connectivity index (χ1v) is 4.66. The second-order valence-electron chi connectivity index (χ2n) is 2.48. The number of rotatable bonds is 4. The van der Waals surface area contributed by atoms with E-state index in [4.69, 9.17) is 4.42 Å². The van der Waals surface area contributed by atoms with E-state index in [9.17, 15) is 14.9 Å². The summed E-state index contributed by atoms with van der Waals surface area (Å²) in [5.41, 5.74) is 0. The molecule has 0 aliphatic heterocycles. The quantitative estimate of drug-likeness (QED) is 0.435. The van der Waals surface area contributed by atoms with E-state index in [1.807, 2.05) is 0 Å². The summed E-state index contributed by atoms with van der Waals surface area (Å²) in [4.78, 5) is 20.5. The van der Waals surface area contributed by atoms with Crippen LogP contribution in [0.3, 0.4) is 0 Å².